The van der Waals surface area contributed by atoms with Crippen molar-refractivity contribution in [3.05, 3.63) is 90.9 Å². The first-order valence-electron chi connectivity index (χ1n) is 11.9. The van der Waals surface area contributed by atoms with E-state index in [-0.39, 0.29) is 5.41 Å². The lowest BCUT2D eigenvalue weighted by Gasteiger charge is -2.30. The lowest BCUT2D eigenvalue weighted by Crippen LogP contribution is -2.34. The molecule has 180 valence electrons. The lowest BCUT2D eigenvalue weighted by molar-refractivity contribution is 0.414. The predicted molar refractivity (Wildman–Crippen MR) is 149 cm³/mol. The summed E-state index contributed by atoms with van der Waals surface area (Å²) in [7, 11) is 0. The van der Waals surface area contributed by atoms with Crippen LogP contribution in [0.5, 0.6) is 0 Å². The summed E-state index contributed by atoms with van der Waals surface area (Å²) in [6.45, 7) is 30.8. The highest BCUT2D eigenvalue weighted by Gasteiger charge is 2.14. The number of amidine groups is 1. The van der Waals surface area contributed by atoms with E-state index < -0.39 is 0 Å². The highest BCUT2D eigenvalue weighted by Crippen LogP contribution is 2.22. The van der Waals surface area contributed by atoms with Crippen molar-refractivity contribution in [2.45, 2.75) is 80.2 Å². The minimum Gasteiger partial charge on any atom is -0.332 e. The van der Waals surface area contributed by atoms with E-state index in [2.05, 4.69) is 100 Å². The monoisotopic (exact) mass is 447 g/mol. The number of hydrogen-bond acceptors (Lipinski definition) is 2. The van der Waals surface area contributed by atoms with E-state index in [4.69, 9.17) is 0 Å². The van der Waals surface area contributed by atoms with Crippen LogP contribution in [0.15, 0.2) is 79.2 Å². The summed E-state index contributed by atoms with van der Waals surface area (Å²) in [6.07, 6.45) is 6.29. The number of hydrogen-bond donors (Lipinski definition) is 0. The topological polar surface area (TPSA) is 28.5 Å². The normalized spacial score (nSPS) is 10.9. The number of benzene rings is 1. The molecule has 0 saturated carbocycles. The Bertz CT molecular complexity index is 882. The Hall–Kier alpha value is -2.94. The first-order valence-corrected chi connectivity index (χ1v) is 11.9. The van der Waals surface area contributed by atoms with Gasteiger partial charge < -0.3 is 4.90 Å². The van der Waals surface area contributed by atoms with E-state index in [9.17, 15) is 0 Å². The second-order valence-electron chi connectivity index (χ2n) is 8.81. The molecule has 1 heterocycles. The summed E-state index contributed by atoms with van der Waals surface area (Å²) in [5, 5.41) is 0. The first kappa shape index (κ1) is 30.1. The van der Waals surface area contributed by atoms with Crippen LogP contribution < -0.4 is 0 Å². The van der Waals surface area contributed by atoms with Crippen LogP contribution in [0.3, 0.4) is 0 Å². The van der Waals surface area contributed by atoms with E-state index >= 15 is 0 Å². The fraction of sp³-hybridized carbons (Fsp3) is 0.400. The molecule has 33 heavy (non-hydrogen) atoms. The molecule has 2 rings (SSSR count). The summed E-state index contributed by atoms with van der Waals surface area (Å²) in [5.74, 6) is 0.913. The largest absolute Gasteiger partial charge is 0.332 e. The van der Waals surface area contributed by atoms with Crippen molar-refractivity contribution in [1.29, 1.82) is 0 Å². The molecule has 0 aliphatic carbocycles. The molecular weight excluding hydrogens is 402 g/mol. The minimum absolute atomic E-state index is 0.250. The summed E-state index contributed by atoms with van der Waals surface area (Å²) >= 11 is 0. The average molecular weight is 448 g/mol. The van der Waals surface area contributed by atoms with Crippen molar-refractivity contribution in [3.63, 3.8) is 0 Å². The maximum absolute atomic E-state index is 4.59. The van der Waals surface area contributed by atoms with E-state index in [0.29, 0.717) is 6.04 Å². The van der Waals surface area contributed by atoms with Gasteiger partial charge >= 0.3 is 0 Å². The van der Waals surface area contributed by atoms with Crippen molar-refractivity contribution < 1.29 is 0 Å². The van der Waals surface area contributed by atoms with Crippen molar-refractivity contribution in [1.82, 2.24) is 9.88 Å². The third kappa shape index (κ3) is 10.5. The molecule has 3 heteroatoms. The van der Waals surface area contributed by atoms with Gasteiger partial charge in [0.05, 0.1) is 5.70 Å². The number of allylic oxidation sites excluding steroid dienone is 1. The Morgan fingerprint density at radius 2 is 1.67 bits per heavy atom. The molecule has 0 saturated heterocycles. The third-order valence-electron chi connectivity index (χ3n) is 4.92. The number of aromatic nitrogens is 1. The Balaban J connectivity index is 0.000000627. The lowest BCUT2D eigenvalue weighted by atomic mass is 9.87. The third-order valence-corrected chi connectivity index (χ3v) is 4.92. The Kier molecular flexibility index (Phi) is 13.7. The Morgan fingerprint density at radius 1 is 1.09 bits per heavy atom. The van der Waals surface area contributed by atoms with Crippen LogP contribution in [0.2, 0.25) is 0 Å². The van der Waals surface area contributed by atoms with Gasteiger partial charge in [0, 0.05) is 29.7 Å². The number of pyridine rings is 1. The van der Waals surface area contributed by atoms with Gasteiger partial charge in [-0.15, -0.1) is 0 Å². The van der Waals surface area contributed by atoms with Crippen molar-refractivity contribution in [3.8, 4) is 0 Å². The number of nitrogens with zero attached hydrogens (tertiary/aromatic N) is 3. The average Bonchev–Trinajstić information content (AvgIpc) is 2.80. The standard InChI is InChI=1S/C16H23N3.C12H16.C2H6/c1-7-13(4)19(12(2)3)15(6)18-14(5)16-9-8-10-17-11-16;1-5-10-6-8-11(9-7-10)12(2,3)4;1-2/h8-12H,4-5,7H2,1-3,6H3;5-9H,1H2,2-4H3;1-2H3. The van der Waals surface area contributed by atoms with Gasteiger partial charge in [-0.1, -0.05) is 91.6 Å². The zero-order chi connectivity index (χ0) is 25.6. The van der Waals surface area contributed by atoms with Crippen molar-refractivity contribution in [2.75, 3.05) is 0 Å². The molecule has 0 bridgehead atoms. The fourth-order valence-electron chi connectivity index (χ4n) is 3.10. The fourth-order valence-corrected chi connectivity index (χ4v) is 3.10. The van der Waals surface area contributed by atoms with Crippen molar-refractivity contribution in [2.24, 2.45) is 4.99 Å². The van der Waals surface area contributed by atoms with Crippen LogP contribution in [-0.4, -0.2) is 21.8 Å². The number of aliphatic imine (C=N–C) groups is 1. The minimum atomic E-state index is 0.250. The molecule has 0 unspecified atom stereocenters. The van der Waals surface area contributed by atoms with Crippen LogP contribution in [0, 0.1) is 0 Å². The highest BCUT2D eigenvalue weighted by molar-refractivity contribution is 5.87. The Labute approximate surface area is 203 Å². The first-order chi connectivity index (χ1) is 15.5. The quantitative estimate of drug-likeness (QED) is 0.327. The second kappa shape index (κ2) is 15.0. The van der Waals surface area contributed by atoms with Gasteiger partial charge in [0.25, 0.3) is 0 Å². The van der Waals surface area contributed by atoms with Gasteiger partial charge in [-0.2, -0.15) is 0 Å². The van der Waals surface area contributed by atoms with Crippen LogP contribution >= 0.6 is 0 Å². The van der Waals surface area contributed by atoms with Crippen LogP contribution in [0.4, 0.5) is 0 Å². The summed E-state index contributed by atoms with van der Waals surface area (Å²) in [6, 6.07) is 12.7. The SMILES string of the molecule is C=C(N=C(C)N(C(=C)CC)C(C)C)c1cccnc1.C=Cc1ccc(C(C)(C)C)cc1.CC. The molecule has 2 aromatic rings. The van der Waals surface area contributed by atoms with E-state index in [1.807, 2.05) is 39.0 Å². The van der Waals surface area contributed by atoms with Gasteiger partial charge in [-0.3, -0.25) is 4.98 Å². The zero-order valence-electron chi connectivity index (χ0n) is 22.4. The molecule has 1 aromatic carbocycles. The van der Waals surface area contributed by atoms with E-state index in [1.165, 1.54) is 11.1 Å². The summed E-state index contributed by atoms with van der Waals surface area (Å²) in [4.78, 5) is 10.8. The highest BCUT2D eigenvalue weighted by atomic mass is 15.2. The van der Waals surface area contributed by atoms with Crippen molar-refractivity contribution >= 4 is 17.6 Å². The van der Waals surface area contributed by atoms with Crippen LogP contribution in [0.25, 0.3) is 11.8 Å². The maximum atomic E-state index is 4.59. The molecular formula is C30H45N3. The van der Waals surface area contributed by atoms with E-state index in [0.717, 1.165) is 29.2 Å². The second-order valence-corrected chi connectivity index (χ2v) is 8.81. The Morgan fingerprint density at radius 3 is 2.06 bits per heavy atom. The molecule has 0 spiro atoms. The molecule has 0 atom stereocenters. The summed E-state index contributed by atoms with van der Waals surface area (Å²) in [5.41, 5.74) is 5.53. The van der Waals surface area contributed by atoms with Gasteiger partial charge in [-0.25, -0.2) is 4.99 Å². The van der Waals surface area contributed by atoms with Gasteiger partial charge in [0.2, 0.25) is 0 Å². The zero-order valence-corrected chi connectivity index (χ0v) is 22.4. The van der Waals surface area contributed by atoms with Crippen LogP contribution in [-0.2, 0) is 5.41 Å². The molecule has 0 amide bonds. The van der Waals surface area contributed by atoms with Crippen LogP contribution in [0.1, 0.15) is 85.4 Å². The van der Waals surface area contributed by atoms with Gasteiger partial charge in [0.15, 0.2) is 0 Å². The molecule has 0 fully saturated rings. The maximum Gasteiger partial charge on any atom is 0.106 e. The summed E-state index contributed by atoms with van der Waals surface area (Å²) < 4.78 is 0. The molecule has 0 aliphatic rings. The predicted octanol–water partition coefficient (Wildman–Crippen LogP) is 8.76. The number of rotatable bonds is 6. The van der Waals surface area contributed by atoms with Gasteiger partial charge in [-0.05, 0) is 55.9 Å². The molecule has 1 aromatic heterocycles. The molecule has 0 radical (unpaired) electrons. The molecule has 0 aliphatic heterocycles. The smallest absolute Gasteiger partial charge is 0.106 e. The van der Waals surface area contributed by atoms with Gasteiger partial charge in [0.1, 0.15) is 5.84 Å². The molecule has 0 N–H and O–H groups in total. The molecule has 3 nitrogen and oxygen atoms in total. The van der Waals surface area contributed by atoms with E-state index in [1.54, 1.807) is 12.4 Å².